The minimum absolute atomic E-state index is 0.0265. The molecule has 0 bridgehead atoms. The van der Waals surface area contributed by atoms with Gasteiger partial charge in [-0.1, -0.05) is 0 Å². The van der Waals surface area contributed by atoms with Crippen molar-refractivity contribution in [3.8, 4) is 0 Å². The van der Waals surface area contributed by atoms with Crippen LogP contribution in [0.1, 0.15) is 25.7 Å². The number of nitrogens with zero attached hydrogens (tertiary/aromatic N) is 1. The van der Waals surface area contributed by atoms with Gasteiger partial charge < -0.3 is 19.2 Å². The number of unbranched alkanes of at least 4 members (excludes halogenated alkanes) is 2. The van der Waals surface area contributed by atoms with E-state index >= 15 is 0 Å². The van der Waals surface area contributed by atoms with E-state index in [4.69, 9.17) is 14.4 Å². The highest BCUT2D eigenvalue weighted by Crippen LogP contribution is 2.00. The molecule has 0 rings (SSSR count). The van der Waals surface area contributed by atoms with Gasteiger partial charge in [-0.3, -0.25) is 4.99 Å². The van der Waals surface area contributed by atoms with Gasteiger partial charge >= 0.3 is 8.80 Å². The van der Waals surface area contributed by atoms with E-state index in [2.05, 4.69) is 4.99 Å². The van der Waals surface area contributed by atoms with E-state index in [0.29, 0.717) is 19.4 Å². The fourth-order valence-corrected chi connectivity index (χ4v) is 1.52. The number of hydrogen-bond donors (Lipinski definition) is 3. The van der Waals surface area contributed by atoms with Gasteiger partial charge in [0.2, 0.25) is 0 Å². The molecule has 0 aliphatic rings. The summed E-state index contributed by atoms with van der Waals surface area (Å²) in [5, 5.41) is 0. The monoisotopic (exact) mass is 219 g/mol. The molecule has 3 N–H and O–H groups in total. The molecule has 0 aromatic carbocycles. The van der Waals surface area contributed by atoms with Gasteiger partial charge in [0.25, 0.3) is 0 Å². The highest BCUT2D eigenvalue weighted by atomic mass is 28.4. The SMILES string of the molecule is O=CCCCC=NCCC[Si](O)(O)O. The van der Waals surface area contributed by atoms with Crippen molar-refractivity contribution >= 4 is 21.3 Å². The summed E-state index contributed by atoms with van der Waals surface area (Å²) in [6.07, 6.45) is 5.17. The van der Waals surface area contributed by atoms with Crippen molar-refractivity contribution in [3.05, 3.63) is 0 Å². The van der Waals surface area contributed by atoms with Gasteiger partial charge in [0.15, 0.2) is 0 Å². The standard InChI is InChI=1S/C8H17NO4Si/c10-7-3-1-2-5-9-6-4-8-14(11,12)13/h5,7,11-13H,1-4,6,8H2. The van der Waals surface area contributed by atoms with Crippen LogP contribution in [-0.4, -0.2) is 42.2 Å². The maximum absolute atomic E-state index is 9.93. The maximum atomic E-state index is 9.93. The molecule has 0 spiro atoms. The van der Waals surface area contributed by atoms with Crippen molar-refractivity contribution in [1.82, 2.24) is 0 Å². The first-order chi connectivity index (χ1) is 6.56. The first-order valence-corrected chi connectivity index (χ1v) is 6.70. The van der Waals surface area contributed by atoms with Crippen molar-refractivity contribution in [2.75, 3.05) is 6.54 Å². The summed E-state index contributed by atoms with van der Waals surface area (Å²) >= 11 is 0. The van der Waals surface area contributed by atoms with E-state index in [1.807, 2.05) is 0 Å². The van der Waals surface area contributed by atoms with Crippen LogP contribution in [0.5, 0.6) is 0 Å². The van der Waals surface area contributed by atoms with Crippen molar-refractivity contribution < 1.29 is 19.2 Å². The van der Waals surface area contributed by atoms with Crippen molar-refractivity contribution in [3.63, 3.8) is 0 Å². The van der Waals surface area contributed by atoms with E-state index in [9.17, 15) is 4.79 Å². The van der Waals surface area contributed by atoms with Gasteiger partial charge in [-0.05, 0) is 25.5 Å². The van der Waals surface area contributed by atoms with Gasteiger partial charge in [0, 0.05) is 19.0 Å². The second-order valence-corrected chi connectivity index (χ2v) is 5.11. The van der Waals surface area contributed by atoms with Crippen LogP contribution in [0.25, 0.3) is 0 Å². The maximum Gasteiger partial charge on any atom is 0.492 e. The summed E-state index contributed by atoms with van der Waals surface area (Å²) < 4.78 is 0. The van der Waals surface area contributed by atoms with Gasteiger partial charge in [-0.25, -0.2) is 0 Å². The Morgan fingerprint density at radius 3 is 2.43 bits per heavy atom. The molecule has 0 aromatic rings. The zero-order chi connectivity index (χ0) is 10.9. The molecule has 0 aliphatic carbocycles. The average Bonchev–Trinajstić information content (AvgIpc) is 2.08. The summed E-state index contributed by atoms with van der Waals surface area (Å²) in [6, 6.07) is 0.0265. The lowest BCUT2D eigenvalue weighted by Crippen LogP contribution is -2.34. The Morgan fingerprint density at radius 2 is 1.86 bits per heavy atom. The molecule has 0 saturated carbocycles. The summed E-state index contributed by atoms with van der Waals surface area (Å²) in [7, 11) is -3.86. The smallest absolute Gasteiger partial charge is 0.390 e. The van der Waals surface area contributed by atoms with E-state index in [1.54, 1.807) is 6.21 Å². The number of hydrogen-bond acceptors (Lipinski definition) is 5. The minimum Gasteiger partial charge on any atom is -0.390 e. The van der Waals surface area contributed by atoms with Gasteiger partial charge in [-0.2, -0.15) is 0 Å². The Balaban J connectivity index is 3.23. The summed E-state index contributed by atoms with van der Waals surface area (Å²) in [6.45, 7) is 0.484. The third-order valence-corrected chi connectivity index (χ3v) is 2.61. The molecule has 0 unspecified atom stereocenters. The third-order valence-electron chi connectivity index (χ3n) is 1.58. The molecular formula is C8H17NO4Si. The molecule has 5 nitrogen and oxygen atoms in total. The zero-order valence-corrected chi connectivity index (χ0v) is 9.09. The molecule has 0 amide bonds. The predicted octanol–water partition coefficient (Wildman–Crippen LogP) is -0.268. The first kappa shape index (κ1) is 13.4. The highest BCUT2D eigenvalue weighted by molar-refractivity contribution is 6.56. The topological polar surface area (TPSA) is 90.1 Å². The number of carbonyl (C=O) groups is 1. The number of rotatable bonds is 8. The predicted molar refractivity (Wildman–Crippen MR) is 55.1 cm³/mol. The van der Waals surface area contributed by atoms with Crippen LogP contribution in [0.4, 0.5) is 0 Å². The molecule has 0 atom stereocenters. The molecule has 82 valence electrons. The van der Waals surface area contributed by atoms with Crippen LogP contribution >= 0.6 is 0 Å². The van der Waals surface area contributed by atoms with Gasteiger partial charge in [-0.15, -0.1) is 0 Å². The van der Waals surface area contributed by atoms with Crippen LogP contribution in [0.2, 0.25) is 6.04 Å². The average molecular weight is 219 g/mol. The molecule has 0 saturated heterocycles. The Hall–Kier alpha value is -0.563. The lowest BCUT2D eigenvalue weighted by Gasteiger charge is -2.06. The molecule has 6 heteroatoms. The molecule has 0 fully saturated rings. The Labute approximate surface area is 84.5 Å². The van der Waals surface area contributed by atoms with Gasteiger partial charge in [0.1, 0.15) is 6.29 Å². The summed E-state index contributed by atoms with van der Waals surface area (Å²) in [4.78, 5) is 39.9. The Bertz CT molecular complexity index is 179. The van der Waals surface area contributed by atoms with E-state index in [1.165, 1.54) is 0 Å². The van der Waals surface area contributed by atoms with Crippen LogP contribution in [0.15, 0.2) is 4.99 Å². The van der Waals surface area contributed by atoms with Crippen LogP contribution < -0.4 is 0 Å². The third kappa shape index (κ3) is 11.4. The fourth-order valence-electron chi connectivity index (χ4n) is 0.883. The minimum atomic E-state index is -3.86. The Morgan fingerprint density at radius 1 is 1.14 bits per heavy atom. The normalized spacial score (nSPS) is 12.2. The van der Waals surface area contributed by atoms with Crippen LogP contribution in [0, 0.1) is 0 Å². The second kappa shape index (κ2) is 7.81. The molecule has 14 heavy (non-hydrogen) atoms. The van der Waals surface area contributed by atoms with Crippen molar-refractivity contribution in [1.29, 1.82) is 0 Å². The zero-order valence-electron chi connectivity index (χ0n) is 8.09. The largest absolute Gasteiger partial charge is 0.492 e. The van der Waals surface area contributed by atoms with Crippen molar-refractivity contribution in [2.24, 2.45) is 4.99 Å². The van der Waals surface area contributed by atoms with E-state index in [-0.39, 0.29) is 6.04 Å². The summed E-state index contributed by atoms with van der Waals surface area (Å²) in [5.41, 5.74) is 0. The molecular weight excluding hydrogens is 202 g/mol. The number of aldehydes is 1. The van der Waals surface area contributed by atoms with E-state index < -0.39 is 8.80 Å². The van der Waals surface area contributed by atoms with E-state index in [0.717, 1.165) is 19.1 Å². The van der Waals surface area contributed by atoms with Crippen LogP contribution in [0.3, 0.4) is 0 Å². The number of carbonyl (C=O) groups excluding carboxylic acids is 1. The summed E-state index contributed by atoms with van der Waals surface area (Å²) in [5.74, 6) is 0. The van der Waals surface area contributed by atoms with Crippen LogP contribution in [-0.2, 0) is 4.79 Å². The fraction of sp³-hybridized carbons (Fsp3) is 0.750. The molecule has 0 radical (unpaired) electrons. The second-order valence-electron chi connectivity index (χ2n) is 3.06. The quantitative estimate of drug-likeness (QED) is 0.227. The molecule has 0 heterocycles. The Kier molecular flexibility index (Phi) is 7.49. The molecule has 0 aliphatic heterocycles. The van der Waals surface area contributed by atoms with Crippen molar-refractivity contribution in [2.45, 2.75) is 31.7 Å². The number of aliphatic imine (C=N–C) groups is 1. The first-order valence-electron chi connectivity index (χ1n) is 4.65. The lowest BCUT2D eigenvalue weighted by atomic mass is 10.3. The van der Waals surface area contributed by atoms with Gasteiger partial charge in [0.05, 0.1) is 0 Å². The lowest BCUT2D eigenvalue weighted by molar-refractivity contribution is -0.107. The molecule has 0 aromatic heterocycles. The highest BCUT2D eigenvalue weighted by Gasteiger charge is 2.25.